The van der Waals surface area contributed by atoms with E-state index in [1.807, 2.05) is 0 Å². The predicted octanol–water partition coefficient (Wildman–Crippen LogP) is 1.64. The predicted molar refractivity (Wildman–Crippen MR) is 64.5 cm³/mol. The molecule has 6 heteroatoms. The van der Waals surface area contributed by atoms with Gasteiger partial charge in [0.15, 0.2) is 6.19 Å². The zero-order chi connectivity index (χ0) is 12.3. The standard InChI is InChI=1S/C11H13ClN4O/c12-10-9(3-4-15-11(10)14)17-6-8-2-1-5-16(8)7-13/h3-4,8H,1-2,5-6H2,(H2,14,15)/t8-/m0/s1. The van der Waals surface area contributed by atoms with E-state index in [2.05, 4.69) is 11.2 Å². The number of nitrogens with zero attached hydrogens (tertiary/aromatic N) is 3. The lowest BCUT2D eigenvalue weighted by Gasteiger charge is -2.19. The second-order valence-electron chi connectivity index (χ2n) is 3.91. The van der Waals surface area contributed by atoms with Gasteiger partial charge in [-0.15, -0.1) is 0 Å². The number of nitrogens with two attached hydrogens (primary N) is 1. The SMILES string of the molecule is N#CN1CCC[C@H]1COc1ccnc(N)c1Cl. The Hall–Kier alpha value is -1.67. The number of likely N-dealkylation sites (tertiary alicyclic amines) is 1. The number of anilines is 1. The molecule has 2 heterocycles. The van der Waals surface area contributed by atoms with Crippen LogP contribution in [0.15, 0.2) is 12.3 Å². The summed E-state index contributed by atoms with van der Waals surface area (Å²) >= 11 is 5.96. The lowest BCUT2D eigenvalue weighted by Crippen LogP contribution is -2.30. The van der Waals surface area contributed by atoms with E-state index in [1.54, 1.807) is 17.2 Å². The molecular formula is C11H13ClN4O. The van der Waals surface area contributed by atoms with Crippen molar-refractivity contribution in [1.82, 2.24) is 9.88 Å². The number of hydrogen-bond acceptors (Lipinski definition) is 5. The van der Waals surface area contributed by atoms with Gasteiger partial charge < -0.3 is 15.4 Å². The van der Waals surface area contributed by atoms with E-state index < -0.39 is 0 Å². The number of pyridine rings is 1. The topological polar surface area (TPSA) is 75.2 Å². The molecule has 1 aliphatic rings. The minimum atomic E-state index is 0.130. The Kier molecular flexibility index (Phi) is 3.55. The molecule has 0 saturated carbocycles. The number of nitriles is 1. The third kappa shape index (κ3) is 2.53. The smallest absolute Gasteiger partial charge is 0.179 e. The van der Waals surface area contributed by atoms with Crippen LogP contribution in [0.4, 0.5) is 5.82 Å². The van der Waals surface area contributed by atoms with Crippen molar-refractivity contribution in [2.24, 2.45) is 0 Å². The van der Waals surface area contributed by atoms with E-state index >= 15 is 0 Å². The third-order valence-electron chi connectivity index (χ3n) is 2.82. The van der Waals surface area contributed by atoms with Gasteiger partial charge in [-0.05, 0) is 12.8 Å². The van der Waals surface area contributed by atoms with Gasteiger partial charge in [-0.3, -0.25) is 0 Å². The minimum absolute atomic E-state index is 0.130. The summed E-state index contributed by atoms with van der Waals surface area (Å²) in [6, 6.07) is 1.80. The molecule has 0 radical (unpaired) electrons. The maximum Gasteiger partial charge on any atom is 0.179 e. The van der Waals surface area contributed by atoms with E-state index in [1.165, 1.54) is 0 Å². The van der Waals surface area contributed by atoms with Crippen molar-refractivity contribution in [3.05, 3.63) is 17.3 Å². The first-order valence-corrected chi connectivity index (χ1v) is 5.79. The number of aromatic nitrogens is 1. The Morgan fingerprint density at radius 3 is 3.29 bits per heavy atom. The molecule has 0 unspecified atom stereocenters. The van der Waals surface area contributed by atoms with Crippen LogP contribution in [-0.4, -0.2) is 29.1 Å². The van der Waals surface area contributed by atoms with Gasteiger partial charge in [0.05, 0.1) is 6.04 Å². The van der Waals surface area contributed by atoms with Gasteiger partial charge in [-0.1, -0.05) is 11.6 Å². The summed E-state index contributed by atoms with van der Waals surface area (Å²) in [4.78, 5) is 5.59. The van der Waals surface area contributed by atoms with Gasteiger partial charge in [0, 0.05) is 18.8 Å². The maximum absolute atomic E-state index is 8.90. The van der Waals surface area contributed by atoms with Crippen LogP contribution in [-0.2, 0) is 0 Å². The van der Waals surface area contributed by atoms with Crippen LogP contribution in [0.3, 0.4) is 0 Å². The fourth-order valence-electron chi connectivity index (χ4n) is 1.88. The van der Waals surface area contributed by atoms with Gasteiger partial charge in [0.1, 0.15) is 23.2 Å². The molecule has 0 amide bonds. The van der Waals surface area contributed by atoms with E-state index in [-0.39, 0.29) is 11.9 Å². The first-order chi connectivity index (χ1) is 8.22. The van der Waals surface area contributed by atoms with Crippen molar-refractivity contribution in [1.29, 1.82) is 5.26 Å². The van der Waals surface area contributed by atoms with Crippen LogP contribution < -0.4 is 10.5 Å². The zero-order valence-electron chi connectivity index (χ0n) is 9.27. The number of hydrogen-bond donors (Lipinski definition) is 1. The van der Waals surface area contributed by atoms with Crippen LogP contribution >= 0.6 is 11.6 Å². The normalized spacial score (nSPS) is 19.1. The average molecular weight is 253 g/mol. The third-order valence-corrected chi connectivity index (χ3v) is 3.20. The molecule has 1 saturated heterocycles. The van der Waals surface area contributed by atoms with Crippen LogP contribution in [0.5, 0.6) is 5.75 Å². The fourth-order valence-corrected chi connectivity index (χ4v) is 2.05. The maximum atomic E-state index is 8.90. The molecule has 90 valence electrons. The van der Waals surface area contributed by atoms with Crippen LogP contribution in [0, 0.1) is 11.5 Å². The molecule has 0 bridgehead atoms. The number of rotatable bonds is 3. The number of ether oxygens (including phenoxy) is 1. The monoisotopic (exact) mass is 252 g/mol. The number of nitrogen functional groups attached to an aromatic ring is 1. The van der Waals surface area contributed by atoms with Crippen molar-refractivity contribution in [3.8, 4) is 11.9 Å². The zero-order valence-corrected chi connectivity index (χ0v) is 10.0. The van der Waals surface area contributed by atoms with Gasteiger partial charge >= 0.3 is 0 Å². The summed E-state index contributed by atoms with van der Waals surface area (Å²) in [5, 5.41) is 9.22. The molecule has 1 aromatic heterocycles. The second-order valence-corrected chi connectivity index (χ2v) is 4.29. The lowest BCUT2D eigenvalue weighted by atomic mass is 10.2. The molecule has 1 aliphatic heterocycles. The highest BCUT2D eigenvalue weighted by Crippen LogP contribution is 2.28. The summed E-state index contributed by atoms with van der Waals surface area (Å²) in [5.41, 5.74) is 5.57. The molecule has 1 atom stereocenters. The van der Waals surface area contributed by atoms with E-state index in [0.717, 1.165) is 19.4 Å². The Balaban J connectivity index is 1.98. The molecular weight excluding hydrogens is 240 g/mol. The Morgan fingerprint density at radius 2 is 2.53 bits per heavy atom. The van der Waals surface area contributed by atoms with E-state index in [4.69, 9.17) is 27.3 Å². The van der Waals surface area contributed by atoms with E-state index in [0.29, 0.717) is 17.4 Å². The Bertz CT molecular complexity index is 446. The highest BCUT2D eigenvalue weighted by molar-refractivity contribution is 6.34. The average Bonchev–Trinajstić information content (AvgIpc) is 2.78. The summed E-state index contributed by atoms with van der Waals surface area (Å²) in [6.07, 6.45) is 5.69. The number of halogens is 1. The largest absolute Gasteiger partial charge is 0.490 e. The van der Waals surface area contributed by atoms with Crippen LogP contribution in [0.2, 0.25) is 5.02 Å². The summed E-state index contributed by atoms with van der Waals surface area (Å²) in [6.45, 7) is 1.24. The van der Waals surface area contributed by atoms with Gasteiger partial charge in [0.25, 0.3) is 0 Å². The van der Waals surface area contributed by atoms with Gasteiger partial charge in [0.2, 0.25) is 0 Å². The summed E-state index contributed by atoms with van der Waals surface area (Å²) in [7, 11) is 0. The first-order valence-electron chi connectivity index (χ1n) is 5.41. The van der Waals surface area contributed by atoms with Gasteiger partial charge in [-0.2, -0.15) is 5.26 Å². The van der Waals surface area contributed by atoms with Crippen molar-refractivity contribution in [2.75, 3.05) is 18.9 Å². The second kappa shape index (κ2) is 5.11. The molecule has 1 fully saturated rings. The highest BCUT2D eigenvalue weighted by Gasteiger charge is 2.24. The lowest BCUT2D eigenvalue weighted by molar-refractivity contribution is 0.219. The van der Waals surface area contributed by atoms with Crippen LogP contribution in [0.25, 0.3) is 0 Å². The fraction of sp³-hybridized carbons (Fsp3) is 0.455. The van der Waals surface area contributed by atoms with Crippen molar-refractivity contribution in [3.63, 3.8) is 0 Å². The molecule has 0 aromatic carbocycles. The quantitative estimate of drug-likeness (QED) is 0.828. The minimum Gasteiger partial charge on any atom is -0.490 e. The molecule has 0 aliphatic carbocycles. The Labute approximate surface area is 105 Å². The summed E-state index contributed by atoms with van der Waals surface area (Å²) < 4.78 is 5.59. The molecule has 17 heavy (non-hydrogen) atoms. The van der Waals surface area contributed by atoms with Crippen molar-refractivity contribution >= 4 is 17.4 Å². The molecule has 1 aromatic rings. The molecule has 5 nitrogen and oxygen atoms in total. The Morgan fingerprint density at radius 1 is 1.71 bits per heavy atom. The first kappa shape index (κ1) is 11.8. The van der Waals surface area contributed by atoms with E-state index in [9.17, 15) is 0 Å². The highest BCUT2D eigenvalue weighted by atomic mass is 35.5. The molecule has 0 spiro atoms. The molecule has 2 N–H and O–H groups in total. The van der Waals surface area contributed by atoms with Crippen LogP contribution in [0.1, 0.15) is 12.8 Å². The summed E-state index contributed by atoms with van der Waals surface area (Å²) in [5.74, 6) is 0.775. The molecule has 2 rings (SSSR count). The van der Waals surface area contributed by atoms with Gasteiger partial charge in [-0.25, -0.2) is 4.98 Å². The van der Waals surface area contributed by atoms with Crippen molar-refractivity contribution < 1.29 is 4.74 Å². The van der Waals surface area contributed by atoms with Crippen molar-refractivity contribution in [2.45, 2.75) is 18.9 Å².